The third-order valence-electron chi connectivity index (χ3n) is 3.39. The average molecular weight is 333 g/mol. The van der Waals surface area contributed by atoms with Crippen LogP contribution in [-0.2, 0) is 6.42 Å². The van der Waals surface area contributed by atoms with Crippen LogP contribution in [0.5, 0.6) is 5.75 Å². The molecule has 0 heterocycles. The van der Waals surface area contributed by atoms with E-state index in [1.54, 1.807) is 7.11 Å². The van der Waals surface area contributed by atoms with Crippen LogP contribution in [0, 0.1) is 13.8 Å². The van der Waals surface area contributed by atoms with Crippen LogP contribution in [0.2, 0.25) is 0 Å². The smallest absolute Gasteiger partial charge is 0.171 e. The number of aryl methyl sites for hydroxylation is 2. The normalized spacial score (nSPS) is 10.4. The number of carbonyl (C=O) groups excluding carboxylic acids is 1. The molecule has 0 unspecified atom stereocenters. The number of benzene rings is 2. The molecule has 0 N–H and O–H groups in total. The molecule has 2 rings (SSSR count). The van der Waals surface area contributed by atoms with Crippen LogP contribution < -0.4 is 4.74 Å². The Hall–Kier alpha value is -1.61. The number of methoxy groups -OCH3 is 1. The molecule has 0 saturated heterocycles. The Kier molecular flexibility index (Phi) is 4.61. The SMILES string of the molecule is COc1cc(C)c(Br)cc1C(=O)Cc1ccccc1C. The molecule has 0 aromatic heterocycles. The maximum Gasteiger partial charge on any atom is 0.171 e. The minimum absolute atomic E-state index is 0.0665. The molecule has 0 aliphatic carbocycles. The Morgan fingerprint density at radius 1 is 1.15 bits per heavy atom. The highest BCUT2D eigenvalue weighted by Gasteiger charge is 2.15. The molecule has 0 aliphatic heterocycles. The van der Waals surface area contributed by atoms with Crippen LogP contribution in [0.1, 0.15) is 27.0 Å². The van der Waals surface area contributed by atoms with Crippen molar-refractivity contribution in [3.63, 3.8) is 0 Å². The molecule has 2 aromatic carbocycles. The Morgan fingerprint density at radius 2 is 1.85 bits per heavy atom. The number of ether oxygens (including phenoxy) is 1. The van der Waals surface area contributed by atoms with E-state index in [1.807, 2.05) is 50.2 Å². The summed E-state index contributed by atoms with van der Waals surface area (Å²) in [6, 6.07) is 11.7. The van der Waals surface area contributed by atoms with Gasteiger partial charge in [0.05, 0.1) is 12.7 Å². The lowest BCUT2D eigenvalue weighted by Gasteiger charge is -2.11. The fourth-order valence-electron chi connectivity index (χ4n) is 2.12. The molecule has 20 heavy (non-hydrogen) atoms. The maximum atomic E-state index is 12.5. The lowest BCUT2D eigenvalue weighted by molar-refractivity contribution is 0.0990. The van der Waals surface area contributed by atoms with Gasteiger partial charge in [0.1, 0.15) is 5.75 Å². The van der Waals surface area contributed by atoms with Gasteiger partial charge in [-0.25, -0.2) is 0 Å². The van der Waals surface area contributed by atoms with E-state index >= 15 is 0 Å². The largest absolute Gasteiger partial charge is 0.496 e. The number of halogens is 1. The molecule has 2 aromatic rings. The molecule has 2 nitrogen and oxygen atoms in total. The van der Waals surface area contributed by atoms with Crippen molar-refractivity contribution in [3.8, 4) is 5.75 Å². The van der Waals surface area contributed by atoms with Gasteiger partial charge in [0, 0.05) is 10.9 Å². The number of hydrogen-bond donors (Lipinski definition) is 0. The number of Topliss-reactive ketones (excluding diaryl/α,β-unsaturated/α-hetero) is 1. The van der Waals surface area contributed by atoms with E-state index in [4.69, 9.17) is 4.74 Å². The number of ketones is 1. The van der Waals surface area contributed by atoms with Crippen LogP contribution in [0.25, 0.3) is 0 Å². The van der Waals surface area contributed by atoms with Crippen molar-refractivity contribution >= 4 is 21.7 Å². The van der Waals surface area contributed by atoms with E-state index in [9.17, 15) is 4.79 Å². The van der Waals surface area contributed by atoms with Gasteiger partial charge in [-0.05, 0) is 42.7 Å². The first-order valence-electron chi connectivity index (χ1n) is 6.44. The second-order valence-corrected chi connectivity index (χ2v) is 5.68. The molecule has 0 saturated carbocycles. The van der Waals surface area contributed by atoms with Crippen LogP contribution in [0.3, 0.4) is 0 Å². The van der Waals surface area contributed by atoms with Crippen molar-refractivity contribution in [3.05, 3.63) is 63.1 Å². The molecule has 0 atom stereocenters. The zero-order chi connectivity index (χ0) is 14.7. The van der Waals surface area contributed by atoms with Gasteiger partial charge in [-0.15, -0.1) is 0 Å². The fourth-order valence-corrected chi connectivity index (χ4v) is 2.46. The zero-order valence-corrected chi connectivity index (χ0v) is 13.5. The van der Waals surface area contributed by atoms with Crippen molar-refractivity contribution < 1.29 is 9.53 Å². The third-order valence-corrected chi connectivity index (χ3v) is 4.25. The predicted molar refractivity (Wildman–Crippen MR) is 84.6 cm³/mol. The van der Waals surface area contributed by atoms with Gasteiger partial charge in [0.15, 0.2) is 5.78 Å². The fraction of sp³-hybridized carbons (Fsp3) is 0.235. The summed E-state index contributed by atoms with van der Waals surface area (Å²) in [6.45, 7) is 3.99. The van der Waals surface area contributed by atoms with E-state index in [2.05, 4.69) is 15.9 Å². The Balaban J connectivity index is 2.34. The zero-order valence-electron chi connectivity index (χ0n) is 11.9. The van der Waals surface area contributed by atoms with Crippen molar-refractivity contribution in [1.82, 2.24) is 0 Å². The Morgan fingerprint density at radius 3 is 2.50 bits per heavy atom. The molecule has 104 valence electrons. The van der Waals surface area contributed by atoms with Gasteiger partial charge >= 0.3 is 0 Å². The summed E-state index contributed by atoms with van der Waals surface area (Å²) in [4.78, 5) is 12.5. The summed E-state index contributed by atoms with van der Waals surface area (Å²) < 4.78 is 6.25. The van der Waals surface area contributed by atoms with Gasteiger partial charge < -0.3 is 4.74 Å². The highest BCUT2D eigenvalue weighted by Crippen LogP contribution is 2.28. The van der Waals surface area contributed by atoms with E-state index in [0.717, 1.165) is 21.2 Å². The number of rotatable bonds is 4. The summed E-state index contributed by atoms with van der Waals surface area (Å²) in [6.07, 6.45) is 0.387. The van der Waals surface area contributed by atoms with Gasteiger partial charge in [-0.2, -0.15) is 0 Å². The van der Waals surface area contributed by atoms with E-state index in [1.165, 1.54) is 0 Å². The monoisotopic (exact) mass is 332 g/mol. The second-order valence-electron chi connectivity index (χ2n) is 4.83. The van der Waals surface area contributed by atoms with E-state index in [-0.39, 0.29) is 5.78 Å². The molecule has 0 bridgehead atoms. The van der Waals surface area contributed by atoms with Crippen molar-refractivity contribution in [2.45, 2.75) is 20.3 Å². The quantitative estimate of drug-likeness (QED) is 0.770. The molecule has 0 fully saturated rings. The molecule has 0 spiro atoms. The van der Waals surface area contributed by atoms with E-state index in [0.29, 0.717) is 17.7 Å². The molecule has 0 aliphatic rings. The van der Waals surface area contributed by atoms with Crippen LogP contribution in [-0.4, -0.2) is 12.9 Å². The first-order valence-corrected chi connectivity index (χ1v) is 7.24. The summed E-state index contributed by atoms with van der Waals surface area (Å²) in [5, 5.41) is 0. The molecule has 3 heteroatoms. The van der Waals surface area contributed by atoms with Gasteiger partial charge in [-0.1, -0.05) is 40.2 Å². The topological polar surface area (TPSA) is 26.3 Å². The molecular weight excluding hydrogens is 316 g/mol. The standard InChI is InChI=1S/C17H17BrO2/c1-11-6-4-5-7-13(11)9-16(19)14-10-15(18)12(2)8-17(14)20-3/h4-8,10H,9H2,1-3H3. The van der Waals surface area contributed by atoms with Crippen molar-refractivity contribution in [1.29, 1.82) is 0 Å². The lowest BCUT2D eigenvalue weighted by atomic mass is 9.98. The number of carbonyl (C=O) groups is 1. The summed E-state index contributed by atoms with van der Waals surface area (Å²) in [5.41, 5.74) is 3.85. The molecule has 0 radical (unpaired) electrons. The van der Waals surface area contributed by atoms with Gasteiger partial charge in [0.25, 0.3) is 0 Å². The summed E-state index contributed by atoms with van der Waals surface area (Å²) in [7, 11) is 1.59. The second kappa shape index (κ2) is 6.23. The minimum Gasteiger partial charge on any atom is -0.496 e. The van der Waals surface area contributed by atoms with Gasteiger partial charge in [-0.3, -0.25) is 4.79 Å². The molecule has 0 amide bonds. The Labute approximate surface area is 127 Å². The van der Waals surface area contributed by atoms with Crippen molar-refractivity contribution in [2.75, 3.05) is 7.11 Å². The van der Waals surface area contributed by atoms with Crippen LogP contribution in [0.15, 0.2) is 40.9 Å². The third kappa shape index (κ3) is 3.10. The predicted octanol–water partition coefficient (Wildman–Crippen LogP) is 4.50. The van der Waals surface area contributed by atoms with Crippen LogP contribution >= 0.6 is 15.9 Å². The van der Waals surface area contributed by atoms with Crippen LogP contribution in [0.4, 0.5) is 0 Å². The number of hydrogen-bond acceptors (Lipinski definition) is 2. The van der Waals surface area contributed by atoms with E-state index < -0.39 is 0 Å². The maximum absolute atomic E-state index is 12.5. The summed E-state index contributed by atoms with van der Waals surface area (Å²) >= 11 is 3.47. The lowest BCUT2D eigenvalue weighted by Crippen LogP contribution is -2.07. The first kappa shape index (κ1) is 14.8. The first-order chi connectivity index (χ1) is 9.52. The van der Waals surface area contributed by atoms with Gasteiger partial charge in [0.2, 0.25) is 0 Å². The Bertz CT molecular complexity index is 647. The van der Waals surface area contributed by atoms with Crippen molar-refractivity contribution in [2.24, 2.45) is 0 Å². The summed E-state index contributed by atoms with van der Waals surface area (Å²) in [5.74, 6) is 0.695. The average Bonchev–Trinajstić information content (AvgIpc) is 2.43. The highest BCUT2D eigenvalue weighted by molar-refractivity contribution is 9.10. The highest BCUT2D eigenvalue weighted by atomic mass is 79.9. The minimum atomic E-state index is 0.0665. The molecular formula is C17H17BrO2.